The van der Waals surface area contributed by atoms with Gasteiger partial charge in [-0.1, -0.05) is 0 Å². The Hall–Kier alpha value is -1.14. The number of hydrogen-bond acceptors (Lipinski definition) is 4. The minimum Gasteiger partial charge on any atom is -0.373 e. The second kappa shape index (κ2) is 4.76. The van der Waals surface area contributed by atoms with E-state index in [4.69, 9.17) is 4.74 Å². The largest absolute Gasteiger partial charge is 0.373 e. The molecule has 3 heterocycles. The van der Waals surface area contributed by atoms with Crippen molar-refractivity contribution in [2.45, 2.75) is 31.0 Å². The summed E-state index contributed by atoms with van der Waals surface area (Å²) in [5, 5.41) is 0. The van der Waals surface area contributed by atoms with Crippen molar-refractivity contribution >= 4 is 11.8 Å². The molecule has 6 nitrogen and oxygen atoms in total. The van der Waals surface area contributed by atoms with Crippen LogP contribution >= 0.6 is 0 Å². The number of likely N-dealkylation sites (N-methyl/N-ethyl adjacent to an activating group) is 2. The van der Waals surface area contributed by atoms with E-state index in [9.17, 15) is 9.59 Å². The molecule has 3 aliphatic heterocycles. The molecular weight excluding hydrogens is 246 g/mol. The van der Waals surface area contributed by atoms with Crippen LogP contribution in [0, 0.1) is 0 Å². The van der Waals surface area contributed by atoms with Crippen molar-refractivity contribution in [3.63, 3.8) is 0 Å². The normalized spacial score (nSPS) is 35.9. The van der Waals surface area contributed by atoms with Crippen LogP contribution in [0.3, 0.4) is 0 Å². The number of morpholine rings is 1. The van der Waals surface area contributed by atoms with E-state index in [0.717, 1.165) is 19.7 Å². The molecule has 0 N–H and O–H groups in total. The van der Waals surface area contributed by atoms with Gasteiger partial charge in [0, 0.05) is 33.1 Å². The molecule has 3 fully saturated rings. The number of nitrogens with zero attached hydrogens (tertiary/aromatic N) is 3. The predicted molar refractivity (Wildman–Crippen MR) is 68.5 cm³/mol. The van der Waals surface area contributed by atoms with E-state index >= 15 is 0 Å². The summed E-state index contributed by atoms with van der Waals surface area (Å²) in [6.45, 7) is 3.04. The summed E-state index contributed by atoms with van der Waals surface area (Å²) in [5.74, 6) is 0.156. The molecule has 0 aromatic rings. The maximum atomic E-state index is 12.5. The lowest BCUT2D eigenvalue weighted by Gasteiger charge is -2.33. The monoisotopic (exact) mass is 267 g/mol. The number of rotatable bonds is 1. The average Bonchev–Trinajstić information content (AvgIpc) is 2.95. The molecule has 0 bridgehead atoms. The molecule has 0 aromatic heterocycles. The van der Waals surface area contributed by atoms with Crippen molar-refractivity contribution in [1.82, 2.24) is 14.7 Å². The SMILES string of the molecule is CN1CCOC2CN(C(=O)C3CCC(=O)N3C)CC21. The lowest BCUT2D eigenvalue weighted by molar-refractivity contribution is -0.139. The summed E-state index contributed by atoms with van der Waals surface area (Å²) in [6.07, 6.45) is 1.27. The summed E-state index contributed by atoms with van der Waals surface area (Å²) in [5.41, 5.74) is 0. The Balaban J connectivity index is 1.67. The second-order valence-corrected chi connectivity index (χ2v) is 5.76. The Labute approximate surface area is 113 Å². The van der Waals surface area contributed by atoms with Gasteiger partial charge in [-0.3, -0.25) is 14.5 Å². The quantitative estimate of drug-likeness (QED) is 0.621. The minimum atomic E-state index is -0.266. The summed E-state index contributed by atoms with van der Waals surface area (Å²) >= 11 is 0. The zero-order chi connectivity index (χ0) is 13.6. The molecular formula is C13H21N3O3. The van der Waals surface area contributed by atoms with Gasteiger partial charge in [-0.05, 0) is 13.5 Å². The Morgan fingerprint density at radius 2 is 2.11 bits per heavy atom. The van der Waals surface area contributed by atoms with Crippen LogP contribution in [0.25, 0.3) is 0 Å². The number of likely N-dealkylation sites (tertiary alicyclic amines) is 2. The highest BCUT2D eigenvalue weighted by atomic mass is 16.5. The lowest BCUT2D eigenvalue weighted by Crippen LogP contribution is -2.48. The molecule has 0 aliphatic carbocycles. The summed E-state index contributed by atoms with van der Waals surface area (Å²) in [7, 11) is 3.81. The number of fused-ring (bicyclic) bond motifs is 1. The fourth-order valence-electron chi connectivity index (χ4n) is 3.34. The number of carbonyl (C=O) groups excluding carboxylic acids is 2. The van der Waals surface area contributed by atoms with Crippen molar-refractivity contribution in [3.8, 4) is 0 Å². The van der Waals surface area contributed by atoms with Crippen LogP contribution in [0.5, 0.6) is 0 Å². The van der Waals surface area contributed by atoms with E-state index in [-0.39, 0.29) is 24.0 Å². The molecule has 3 unspecified atom stereocenters. The smallest absolute Gasteiger partial charge is 0.245 e. The molecule has 0 spiro atoms. The summed E-state index contributed by atoms with van der Waals surface area (Å²) in [4.78, 5) is 29.8. The van der Waals surface area contributed by atoms with Crippen LogP contribution in [-0.2, 0) is 14.3 Å². The standard InChI is InChI=1S/C13H21N3O3/c1-14-5-6-19-11-8-16(7-10(11)14)13(18)9-3-4-12(17)15(9)2/h9-11H,3-8H2,1-2H3. The fraction of sp³-hybridized carbons (Fsp3) is 0.846. The number of amides is 2. The van der Waals surface area contributed by atoms with Crippen molar-refractivity contribution in [1.29, 1.82) is 0 Å². The number of ether oxygens (including phenoxy) is 1. The summed E-state index contributed by atoms with van der Waals surface area (Å²) in [6, 6.07) is 0.0399. The third-order valence-electron chi connectivity index (χ3n) is 4.67. The number of carbonyl (C=O) groups is 2. The Kier molecular flexibility index (Phi) is 3.22. The maximum absolute atomic E-state index is 12.5. The minimum absolute atomic E-state index is 0.0725. The first-order chi connectivity index (χ1) is 9.08. The lowest BCUT2D eigenvalue weighted by atomic mass is 10.1. The number of hydrogen-bond donors (Lipinski definition) is 0. The first kappa shape index (κ1) is 12.9. The predicted octanol–water partition coefficient (Wildman–Crippen LogP) is -0.851. The van der Waals surface area contributed by atoms with Crippen LogP contribution in [-0.4, -0.2) is 85.0 Å². The van der Waals surface area contributed by atoms with Gasteiger partial charge in [0.25, 0.3) is 0 Å². The van der Waals surface area contributed by atoms with Gasteiger partial charge in [0.05, 0.1) is 18.8 Å². The molecule has 3 rings (SSSR count). The van der Waals surface area contributed by atoms with Gasteiger partial charge in [-0.15, -0.1) is 0 Å². The molecule has 106 valence electrons. The molecule has 6 heteroatoms. The van der Waals surface area contributed by atoms with Gasteiger partial charge < -0.3 is 14.5 Å². The zero-order valence-electron chi connectivity index (χ0n) is 11.5. The molecule has 3 atom stereocenters. The van der Waals surface area contributed by atoms with E-state index in [1.54, 1.807) is 11.9 Å². The van der Waals surface area contributed by atoms with Crippen molar-refractivity contribution in [2.24, 2.45) is 0 Å². The van der Waals surface area contributed by atoms with Crippen LogP contribution in [0.2, 0.25) is 0 Å². The molecule has 19 heavy (non-hydrogen) atoms. The zero-order valence-corrected chi connectivity index (χ0v) is 11.5. The van der Waals surface area contributed by atoms with Crippen molar-refractivity contribution in [2.75, 3.05) is 40.3 Å². The van der Waals surface area contributed by atoms with E-state index in [1.165, 1.54) is 0 Å². The molecule has 0 aromatic carbocycles. The van der Waals surface area contributed by atoms with Crippen LogP contribution in [0.15, 0.2) is 0 Å². The Bertz CT molecular complexity index is 401. The van der Waals surface area contributed by atoms with Crippen LogP contribution < -0.4 is 0 Å². The van der Waals surface area contributed by atoms with E-state index in [2.05, 4.69) is 11.9 Å². The highest BCUT2D eigenvalue weighted by molar-refractivity contribution is 5.90. The molecule has 3 saturated heterocycles. The fourth-order valence-corrected chi connectivity index (χ4v) is 3.34. The van der Waals surface area contributed by atoms with E-state index < -0.39 is 0 Å². The maximum Gasteiger partial charge on any atom is 0.245 e. The molecule has 2 amide bonds. The van der Waals surface area contributed by atoms with Gasteiger partial charge >= 0.3 is 0 Å². The van der Waals surface area contributed by atoms with Crippen LogP contribution in [0.4, 0.5) is 0 Å². The van der Waals surface area contributed by atoms with Crippen molar-refractivity contribution in [3.05, 3.63) is 0 Å². The molecule has 0 saturated carbocycles. The van der Waals surface area contributed by atoms with Gasteiger partial charge in [-0.2, -0.15) is 0 Å². The van der Waals surface area contributed by atoms with E-state index in [1.807, 2.05) is 4.90 Å². The van der Waals surface area contributed by atoms with Crippen LogP contribution in [0.1, 0.15) is 12.8 Å². The third-order valence-corrected chi connectivity index (χ3v) is 4.67. The highest BCUT2D eigenvalue weighted by Crippen LogP contribution is 2.25. The van der Waals surface area contributed by atoms with E-state index in [0.29, 0.717) is 25.4 Å². The highest BCUT2D eigenvalue weighted by Gasteiger charge is 2.44. The second-order valence-electron chi connectivity index (χ2n) is 5.76. The Morgan fingerprint density at radius 1 is 1.32 bits per heavy atom. The molecule has 0 radical (unpaired) electrons. The third kappa shape index (κ3) is 2.12. The van der Waals surface area contributed by atoms with Gasteiger partial charge in [0.2, 0.25) is 11.8 Å². The summed E-state index contributed by atoms with van der Waals surface area (Å²) < 4.78 is 5.75. The topological polar surface area (TPSA) is 53.1 Å². The molecule has 3 aliphatic rings. The Morgan fingerprint density at radius 3 is 2.74 bits per heavy atom. The first-order valence-corrected chi connectivity index (χ1v) is 6.94. The first-order valence-electron chi connectivity index (χ1n) is 6.94. The van der Waals surface area contributed by atoms with Gasteiger partial charge in [-0.25, -0.2) is 0 Å². The van der Waals surface area contributed by atoms with Crippen molar-refractivity contribution < 1.29 is 14.3 Å². The van der Waals surface area contributed by atoms with Gasteiger partial charge in [0.15, 0.2) is 0 Å². The average molecular weight is 267 g/mol. The van der Waals surface area contributed by atoms with Gasteiger partial charge in [0.1, 0.15) is 6.04 Å².